The fraction of sp³-hybridized carbons (Fsp3) is 0. The molecular formula is C48H31NS. The van der Waals surface area contributed by atoms with Crippen molar-refractivity contribution in [1.29, 1.82) is 0 Å². The van der Waals surface area contributed by atoms with Crippen LogP contribution in [0.4, 0.5) is 17.1 Å². The molecule has 0 saturated carbocycles. The number of anilines is 3. The first-order valence-electron chi connectivity index (χ1n) is 17.1. The van der Waals surface area contributed by atoms with Crippen LogP contribution in [-0.2, 0) is 0 Å². The number of fused-ring (bicyclic) bond motifs is 8. The van der Waals surface area contributed by atoms with Crippen molar-refractivity contribution in [2.24, 2.45) is 0 Å². The minimum atomic E-state index is 1.12. The van der Waals surface area contributed by atoms with Crippen molar-refractivity contribution in [2.75, 3.05) is 4.90 Å². The van der Waals surface area contributed by atoms with Gasteiger partial charge in [0, 0.05) is 37.2 Å². The van der Waals surface area contributed by atoms with Gasteiger partial charge in [-0.05, 0) is 97.0 Å². The highest BCUT2D eigenvalue weighted by Crippen LogP contribution is 2.43. The molecule has 1 heterocycles. The molecule has 9 aromatic carbocycles. The molecule has 0 radical (unpaired) electrons. The lowest BCUT2D eigenvalue weighted by molar-refractivity contribution is 1.28. The third kappa shape index (κ3) is 4.69. The minimum absolute atomic E-state index is 1.12. The molecule has 10 aromatic rings. The van der Waals surface area contributed by atoms with Gasteiger partial charge in [-0.25, -0.2) is 0 Å². The maximum absolute atomic E-state index is 2.35. The Hall–Kier alpha value is -6.22. The van der Waals surface area contributed by atoms with E-state index in [-0.39, 0.29) is 0 Å². The molecule has 0 bridgehead atoms. The smallest absolute Gasteiger partial charge is 0.0462 e. The molecule has 0 aliphatic carbocycles. The van der Waals surface area contributed by atoms with Crippen molar-refractivity contribution in [2.45, 2.75) is 0 Å². The predicted octanol–water partition coefficient (Wildman–Crippen LogP) is 14.3. The summed E-state index contributed by atoms with van der Waals surface area (Å²) in [6.45, 7) is 0. The second-order valence-corrected chi connectivity index (χ2v) is 14.0. The highest BCUT2D eigenvalue weighted by molar-refractivity contribution is 7.26. The van der Waals surface area contributed by atoms with Crippen molar-refractivity contribution in [3.63, 3.8) is 0 Å². The van der Waals surface area contributed by atoms with Crippen LogP contribution in [0.1, 0.15) is 0 Å². The van der Waals surface area contributed by atoms with Gasteiger partial charge in [-0.1, -0.05) is 146 Å². The van der Waals surface area contributed by atoms with E-state index in [0.29, 0.717) is 0 Å². The SMILES string of the molecule is c1ccc(N(c2ccc(-c3cccc4c3sc3ccccc34)cc2)c2ccc(-c3cccc4ccc5ccc6ccccc6c5c34)cc2)cc1. The molecule has 2 heteroatoms. The van der Waals surface area contributed by atoms with Gasteiger partial charge in [-0.15, -0.1) is 11.3 Å². The summed E-state index contributed by atoms with van der Waals surface area (Å²) in [6.07, 6.45) is 0. The zero-order valence-electron chi connectivity index (χ0n) is 27.3. The topological polar surface area (TPSA) is 3.24 Å². The molecular weight excluding hydrogens is 623 g/mol. The van der Waals surface area contributed by atoms with Crippen LogP contribution in [0, 0.1) is 0 Å². The van der Waals surface area contributed by atoms with E-state index in [9.17, 15) is 0 Å². The van der Waals surface area contributed by atoms with E-state index in [1.807, 2.05) is 11.3 Å². The van der Waals surface area contributed by atoms with Crippen LogP contribution in [0.3, 0.4) is 0 Å². The van der Waals surface area contributed by atoms with Gasteiger partial charge in [-0.2, -0.15) is 0 Å². The summed E-state index contributed by atoms with van der Waals surface area (Å²) in [6, 6.07) is 68.6. The van der Waals surface area contributed by atoms with Gasteiger partial charge in [0.05, 0.1) is 0 Å². The van der Waals surface area contributed by atoms with Crippen LogP contribution in [0.15, 0.2) is 188 Å². The Morgan fingerprint density at radius 2 is 0.840 bits per heavy atom. The van der Waals surface area contributed by atoms with Gasteiger partial charge in [0.2, 0.25) is 0 Å². The molecule has 0 aliphatic rings. The van der Waals surface area contributed by atoms with Crippen LogP contribution >= 0.6 is 11.3 Å². The number of rotatable bonds is 5. The number of thiophene rings is 1. The van der Waals surface area contributed by atoms with Crippen LogP contribution < -0.4 is 4.90 Å². The highest BCUT2D eigenvalue weighted by atomic mass is 32.1. The van der Waals surface area contributed by atoms with Gasteiger partial charge in [0.25, 0.3) is 0 Å². The third-order valence-electron chi connectivity index (χ3n) is 10.0. The Morgan fingerprint density at radius 3 is 1.60 bits per heavy atom. The molecule has 1 aromatic heterocycles. The zero-order chi connectivity index (χ0) is 33.0. The van der Waals surface area contributed by atoms with E-state index in [1.54, 1.807) is 0 Å². The van der Waals surface area contributed by atoms with Crippen LogP contribution in [0.5, 0.6) is 0 Å². The van der Waals surface area contributed by atoms with Gasteiger partial charge in [0.1, 0.15) is 0 Å². The second kappa shape index (κ2) is 11.7. The summed E-state index contributed by atoms with van der Waals surface area (Å²) in [5, 5.41) is 10.4. The zero-order valence-corrected chi connectivity index (χ0v) is 28.1. The van der Waals surface area contributed by atoms with Crippen molar-refractivity contribution < 1.29 is 0 Å². The minimum Gasteiger partial charge on any atom is -0.311 e. The summed E-state index contributed by atoms with van der Waals surface area (Å²) in [4.78, 5) is 2.35. The Labute approximate surface area is 294 Å². The average Bonchev–Trinajstić information content (AvgIpc) is 3.58. The molecule has 0 amide bonds. The first-order chi connectivity index (χ1) is 24.8. The van der Waals surface area contributed by atoms with E-state index in [4.69, 9.17) is 0 Å². The molecule has 0 atom stereocenters. The van der Waals surface area contributed by atoms with E-state index >= 15 is 0 Å². The Balaban J connectivity index is 1.07. The maximum atomic E-state index is 2.35. The number of hydrogen-bond acceptors (Lipinski definition) is 2. The summed E-state index contributed by atoms with van der Waals surface area (Å²) in [5.41, 5.74) is 8.34. The van der Waals surface area contributed by atoms with Crippen molar-refractivity contribution >= 4 is 80.9 Å². The molecule has 0 unspecified atom stereocenters. The average molecular weight is 654 g/mol. The number of benzene rings is 9. The molecule has 0 saturated heterocycles. The summed E-state index contributed by atoms with van der Waals surface area (Å²) >= 11 is 1.88. The fourth-order valence-electron chi connectivity index (χ4n) is 7.69. The number of hydrogen-bond donors (Lipinski definition) is 0. The maximum Gasteiger partial charge on any atom is 0.0462 e. The Bertz CT molecular complexity index is 2840. The van der Waals surface area contributed by atoms with Crippen molar-refractivity contribution in [1.82, 2.24) is 0 Å². The van der Waals surface area contributed by atoms with Crippen LogP contribution in [0.25, 0.3) is 74.7 Å². The largest absolute Gasteiger partial charge is 0.311 e. The number of para-hydroxylation sites is 1. The van der Waals surface area contributed by atoms with Crippen LogP contribution in [-0.4, -0.2) is 0 Å². The normalized spacial score (nSPS) is 11.6. The molecule has 50 heavy (non-hydrogen) atoms. The summed E-state index contributed by atoms with van der Waals surface area (Å²) in [7, 11) is 0. The second-order valence-electron chi connectivity index (χ2n) is 12.9. The molecule has 10 rings (SSSR count). The molecule has 234 valence electrons. The van der Waals surface area contributed by atoms with Crippen molar-refractivity contribution in [3.05, 3.63) is 188 Å². The molecule has 1 nitrogen and oxygen atoms in total. The fourth-order valence-corrected chi connectivity index (χ4v) is 8.93. The van der Waals surface area contributed by atoms with Gasteiger partial charge < -0.3 is 4.90 Å². The predicted molar refractivity (Wildman–Crippen MR) is 217 cm³/mol. The van der Waals surface area contributed by atoms with E-state index in [0.717, 1.165) is 17.1 Å². The first-order valence-corrected chi connectivity index (χ1v) is 17.9. The van der Waals surface area contributed by atoms with E-state index in [2.05, 4.69) is 193 Å². The lowest BCUT2D eigenvalue weighted by Crippen LogP contribution is -2.09. The molecule has 0 spiro atoms. The third-order valence-corrected chi connectivity index (χ3v) is 11.3. The first kappa shape index (κ1) is 28.8. The Kier molecular flexibility index (Phi) is 6.75. The lowest BCUT2D eigenvalue weighted by atomic mass is 9.91. The Morgan fingerprint density at radius 1 is 0.320 bits per heavy atom. The highest BCUT2D eigenvalue weighted by Gasteiger charge is 2.16. The standard InChI is InChI=1S/C48H31NS/c1-2-12-37(13-3-1)49(39-30-26-34(27-31-39)42-17-9-18-44-43-15-6-7-19-45(43)50-48(42)44)38-28-24-33(25-29-38)41-16-8-11-35-22-23-36-21-20-32-10-4-5-14-40(32)47(36)46(35)41/h1-31H. The van der Waals surface area contributed by atoms with E-state index in [1.165, 1.54) is 74.7 Å². The van der Waals surface area contributed by atoms with Crippen molar-refractivity contribution in [3.8, 4) is 22.3 Å². The van der Waals surface area contributed by atoms with Gasteiger partial charge in [0.15, 0.2) is 0 Å². The molecule has 0 fully saturated rings. The quantitative estimate of drug-likeness (QED) is 0.167. The van der Waals surface area contributed by atoms with Gasteiger partial charge >= 0.3 is 0 Å². The number of nitrogens with zero attached hydrogens (tertiary/aromatic N) is 1. The van der Waals surface area contributed by atoms with E-state index < -0.39 is 0 Å². The lowest BCUT2D eigenvalue weighted by Gasteiger charge is -2.26. The molecule has 0 aliphatic heterocycles. The monoisotopic (exact) mass is 653 g/mol. The summed E-state index contributed by atoms with van der Waals surface area (Å²) < 4.78 is 2.67. The van der Waals surface area contributed by atoms with Gasteiger partial charge in [-0.3, -0.25) is 0 Å². The van der Waals surface area contributed by atoms with Crippen LogP contribution in [0.2, 0.25) is 0 Å². The molecule has 0 N–H and O–H groups in total. The summed E-state index contributed by atoms with van der Waals surface area (Å²) in [5.74, 6) is 0.